The molecule has 0 spiro atoms. The van der Waals surface area contributed by atoms with Crippen molar-refractivity contribution in [1.29, 1.82) is 0 Å². The lowest BCUT2D eigenvalue weighted by molar-refractivity contribution is 0.555. The molecule has 0 fully saturated rings. The Morgan fingerprint density at radius 2 is 1.84 bits per heavy atom. The summed E-state index contributed by atoms with van der Waals surface area (Å²) in [5.74, 6) is 0.0413. The van der Waals surface area contributed by atoms with Crippen molar-refractivity contribution in [2.45, 2.75) is 18.7 Å². The Labute approximate surface area is 126 Å². The van der Waals surface area contributed by atoms with Crippen molar-refractivity contribution in [2.75, 3.05) is 0 Å². The molecule has 2 rings (SSSR count). The molecule has 0 saturated heterocycles. The van der Waals surface area contributed by atoms with Gasteiger partial charge in [-0.1, -0.05) is 59.3 Å². The maximum Gasteiger partial charge on any atom is 0.124 e. The molecule has 0 amide bonds. The molecule has 0 aliphatic heterocycles. The molecule has 0 saturated carbocycles. The summed E-state index contributed by atoms with van der Waals surface area (Å²) in [7, 11) is 0. The highest BCUT2D eigenvalue weighted by atomic mass is 79.9. The zero-order chi connectivity index (χ0) is 13.8. The normalized spacial score (nSPS) is 14.1. The summed E-state index contributed by atoms with van der Waals surface area (Å²) in [5.41, 5.74) is 2.20. The third-order valence-corrected chi connectivity index (χ3v) is 4.59. The van der Waals surface area contributed by atoms with Gasteiger partial charge < -0.3 is 0 Å². The van der Waals surface area contributed by atoms with E-state index >= 15 is 0 Å². The summed E-state index contributed by atoms with van der Waals surface area (Å²) in [6.45, 7) is 2.11. The zero-order valence-electron chi connectivity index (χ0n) is 10.6. The molecule has 2 aromatic rings. The summed E-state index contributed by atoms with van der Waals surface area (Å²) in [5, 5.41) is -0.0434. The van der Waals surface area contributed by atoms with Gasteiger partial charge in [-0.2, -0.15) is 0 Å². The minimum absolute atomic E-state index is 0.0434. The van der Waals surface area contributed by atoms with E-state index in [1.165, 1.54) is 12.1 Å². The van der Waals surface area contributed by atoms with Crippen LogP contribution in [0, 0.1) is 11.7 Å². The van der Waals surface area contributed by atoms with E-state index in [0.29, 0.717) is 0 Å². The van der Waals surface area contributed by atoms with Gasteiger partial charge in [-0.15, -0.1) is 11.6 Å². The predicted molar refractivity (Wildman–Crippen MR) is 82.0 cm³/mol. The first-order valence-corrected chi connectivity index (χ1v) is 7.44. The van der Waals surface area contributed by atoms with Gasteiger partial charge in [0.25, 0.3) is 0 Å². The molecule has 0 nitrogen and oxygen atoms in total. The van der Waals surface area contributed by atoms with Crippen molar-refractivity contribution in [3.63, 3.8) is 0 Å². The summed E-state index contributed by atoms with van der Waals surface area (Å²) >= 11 is 9.90. The average molecular weight is 342 g/mol. The fourth-order valence-corrected chi connectivity index (χ4v) is 2.85. The highest BCUT2D eigenvalue weighted by Crippen LogP contribution is 2.32. The Kier molecular flexibility index (Phi) is 5.00. The van der Waals surface area contributed by atoms with Crippen molar-refractivity contribution < 1.29 is 4.39 Å². The van der Waals surface area contributed by atoms with Crippen molar-refractivity contribution >= 4 is 27.5 Å². The second kappa shape index (κ2) is 6.53. The molecule has 0 bridgehead atoms. The van der Waals surface area contributed by atoms with Crippen molar-refractivity contribution in [1.82, 2.24) is 0 Å². The van der Waals surface area contributed by atoms with Crippen LogP contribution in [-0.4, -0.2) is 0 Å². The highest BCUT2D eigenvalue weighted by Gasteiger charge is 2.17. The highest BCUT2D eigenvalue weighted by molar-refractivity contribution is 9.10. The lowest BCUT2D eigenvalue weighted by Crippen LogP contribution is -2.08. The first-order chi connectivity index (χ1) is 9.08. The molecule has 2 unspecified atom stereocenters. The Hall–Kier alpha value is -0.860. The topological polar surface area (TPSA) is 0 Å². The molecule has 0 aliphatic rings. The second-order valence-electron chi connectivity index (χ2n) is 4.73. The molecule has 2 aromatic carbocycles. The monoisotopic (exact) mass is 340 g/mol. The lowest BCUT2D eigenvalue weighted by Gasteiger charge is -2.19. The third-order valence-electron chi connectivity index (χ3n) is 3.17. The number of hydrogen-bond donors (Lipinski definition) is 0. The Morgan fingerprint density at radius 1 is 1.16 bits per heavy atom. The Balaban J connectivity index is 2.10. The van der Waals surface area contributed by atoms with Crippen molar-refractivity contribution in [2.24, 2.45) is 5.92 Å². The van der Waals surface area contributed by atoms with Gasteiger partial charge in [0, 0.05) is 4.47 Å². The minimum Gasteiger partial charge on any atom is -0.207 e. The van der Waals surface area contributed by atoms with Gasteiger partial charge >= 0.3 is 0 Å². The van der Waals surface area contributed by atoms with Crippen LogP contribution in [0.3, 0.4) is 0 Å². The number of halogens is 3. The number of benzene rings is 2. The van der Waals surface area contributed by atoms with Crippen LogP contribution < -0.4 is 0 Å². The molecule has 0 heterocycles. The second-order valence-corrected chi connectivity index (χ2v) is 6.05. The summed E-state index contributed by atoms with van der Waals surface area (Å²) < 4.78 is 13.9. The van der Waals surface area contributed by atoms with E-state index in [4.69, 9.17) is 11.6 Å². The standard InChI is InChI=1S/C16H15BrClF/c1-11(16(18)12-5-3-2-4-6-12)9-13-7-8-14(19)10-15(13)17/h2-8,10-11,16H,9H2,1H3. The van der Waals surface area contributed by atoms with E-state index in [1.807, 2.05) is 36.4 Å². The predicted octanol–water partition coefficient (Wildman–Crippen LogP) is 5.75. The van der Waals surface area contributed by atoms with E-state index < -0.39 is 0 Å². The van der Waals surface area contributed by atoms with Crippen LogP contribution in [0.2, 0.25) is 0 Å². The third kappa shape index (κ3) is 3.80. The van der Waals surface area contributed by atoms with Gasteiger partial charge in [-0.05, 0) is 35.6 Å². The molecular weight excluding hydrogens is 327 g/mol. The molecule has 2 atom stereocenters. The van der Waals surface area contributed by atoms with Gasteiger partial charge in [-0.25, -0.2) is 4.39 Å². The van der Waals surface area contributed by atoms with Crippen LogP contribution in [0.4, 0.5) is 4.39 Å². The fraction of sp³-hybridized carbons (Fsp3) is 0.250. The molecular formula is C16H15BrClF. The van der Waals surface area contributed by atoms with Crippen molar-refractivity contribution in [3.8, 4) is 0 Å². The van der Waals surface area contributed by atoms with Crippen LogP contribution in [0.25, 0.3) is 0 Å². The Bertz CT molecular complexity index is 542. The molecule has 100 valence electrons. The zero-order valence-corrected chi connectivity index (χ0v) is 13.0. The smallest absolute Gasteiger partial charge is 0.124 e. The summed E-state index contributed by atoms with van der Waals surface area (Å²) in [4.78, 5) is 0. The van der Waals surface area contributed by atoms with E-state index in [1.54, 1.807) is 0 Å². The summed E-state index contributed by atoms with van der Waals surface area (Å²) in [6, 6.07) is 14.8. The number of hydrogen-bond acceptors (Lipinski definition) is 0. The van der Waals surface area contributed by atoms with E-state index in [9.17, 15) is 4.39 Å². The van der Waals surface area contributed by atoms with E-state index in [2.05, 4.69) is 22.9 Å². The number of rotatable bonds is 4. The maximum absolute atomic E-state index is 13.1. The van der Waals surface area contributed by atoms with Gasteiger partial charge in [0.15, 0.2) is 0 Å². The first-order valence-electron chi connectivity index (χ1n) is 6.21. The SMILES string of the molecule is CC(Cc1ccc(F)cc1Br)C(Cl)c1ccccc1. The summed E-state index contributed by atoms with van der Waals surface area (Å²) in [6.07, 6.45) is 0.809. The van der Waals surface area contributed by atoms with E-state index in [0.717, 1.165) is 22.0 Å². The van der Waals surface area contributed by atoms with E-state index in [-0.39, 0.29) is 17.1 Å². The van der Waals surface area contributed by atoms with Crippen LogP contribution >= 0.6 is 27.5 Å². The van der Waals surface area contributed by atoms with Crippen LogP contribution in [0.1, 0.15) is 23.4 Å². The molecule has 3 heteroatoms. The molecule has 0 aliphatic carbocycles. The molecule has 0 aromatic heterocycles. The minimum atomic E-state index is -0.228. The largest absolute Gasteiger partial charge is 0.207 e. The van der Waals surface area contributed by atoms with Gasteiger partial charge in [0.05, 0.1) is 5.38 Å². The van der Waals surface area contributed by atoms with Crippen LogP contribution in [0.5, 0.6) is 0 Å². The molecule has 19 heavy (non-hydrogen) atoms. The number of alkyl halides is 1. The quantitative estimate of drug-likeness (QED) is 0.621. The maximum atomic E-state index is 13.1. The van der Waals surface area contributed by atoms with Crippen LogP contribution in [-0.2, 0) is 6.42 Å². The first kappa shape index (κ1) is 14.5. The lowest BCUT2D eigenvalue weighted by atomic mass is 9.94. The fourth-order valence-electron chi connectivity index (χ4n) is 2.10. The Morgan fingerprint density at radius 3 is 2.47 bits per heavy atom. The van der Waals surface area contributed by atoms with Crippen molar-refractivity contribution in [3.05, 3.63) is 69.9 Å². The van der Waals surface area contributed by atoms with Crippen LogP contribution in [0.15, 0.2) is 53.0 Å². The van der Waals surface area contributed by atoms with Gasteiger partial charge in [0.1, 0.15) is 5.82 Å². The molecule has 0 N–H and O–H groups in total. The average Bonchev–Trinajstić information content (AvgIpc) is 2.42. The molecule has 0 radical (unpaired) electrons. The van der Waals surface area contributed by atoms with Gasteiger partial charge in [-0.3, -0.25) is 0 Å². The van der Waals surface area contributed by atoms with Gasteiger partial charge in [0.2, 0.25) is 0 Å².